The Bertz CT molecular complexity index is 1400. The average molecular weight is 397 g/mol. The summed E-state index contributed by atoms with van der Waals surface area (Å²) in [6.45, 7) is 0. The van der Waals surface area contributed by atoms with Gasteiger partial charge in [-0.05, 0) is 34.4 Å². The Balaban J connectivity index is 1.41. The van der Waals surface area contributed by atoms with Crippen LogP contribution in [0.1, 0.15) is 26.6 Å². The lowest BCUT2D eigenvalue weighted by atomic mass is 10.0. The molecule has 0 amide bonds. The van der Waals surface area contributed by atoms with Gasteiger partial charge in [-0.1, -0.05) is 30.3 Å². The van der Waals surface area contributed by atoms with E-state index in [1.54, 1.807) is 29.5 Å². The quantitative estimate of drug-likeness (QED) is 0.279. The van der Waals surface area contributed by atoms with E-state index >= 15 is 0 Å². The number of rotatable bonds is 2. The second-order valence-electron chi connectivity index (χ2n) is 6.77. The topological polar surface area (TPSA) is 73.3 Å². The third-order valence-corrected chi connectivity index (χ3v) is 5.89. The van der Waals surface area contributed by atoms with E-state index in [9.17, 15) is 9.59 Å². The highest BCUT2D eigenvalue weighted by Crippen LogP contribution is 2.34. The van der Waals surface area contributed by atoms with Crippen molar-refractivity contribution >= 4 is 51.0 Å². The predicted octanol–water partition coefficient (Wildman–Crippen LogP) is 5.77. The lowest BCUT2D eigenvalue weighted by molar-refractivity contribution is 0.0990. The van der Waals surface area contributed by atoms with Crippen LogP contribution in [-0.4, -0.2) is 16.6 Å². The Hall–Kier alpha value is -3.77. The molecule has 0 unspecified atom stereocenters. The number of aromatic nitrogens is 1. The molecular formula is C23H11NO4S. The fourth-order valence-electron chi connectivity index (χ4n) is 3.62. The minimum atomic E-state index is -0.315. The monoisotopic (exact) mass is 397 g/mol. The lowest BCUT2D eigenvalue weighted by Crippen LogP contribution is -2.00. The summed E-state index contributed by atoms with van der Waals surface area (Å²) in [7, 11) is 0. The molecule has 29 heavy (non-hydrogen) atoms. The summed E-state index contributed by atoms with van der Waals surface area (Å²) in [5.74, 6) is 0.216. The van der Waals surface area contributed by atoms with Gasteiger partial charge >= 0.3 is 0 Å². The van der Waals surface area contributed by atoms with Crippen molar-refractivity contribution in [3.8, 4) is 10.6 Å². The lowest BCUT2D eigenvalue weighted by Gasteiger charge is -2.00. The Morgan fingerprint density at radius 2 is 1.59 bits per heavy atom. The fourth-order valence-corrected chi connectivity index (χ4v) is 4.29. The van der Waals surface area contributed by atoms with Crippen molar-refractivity contribution in [2.24, 2.45) is 0 Å². The van der Waals surface area contributed by atoms with E-state index < -0.39 is 0 Å². The van der Waals surface area contributed by atoms with Gasteiger partial charge in [-0.2, -0.15) is 4.98 Å². The van der Waals surface area contributed by atoms with Crippen LogP contribution in [-0.2, 0) is 0 Å². The van der Waals surface area contributed by atoms with Crippen molar-refractivity contribution in [3.05, 3.63) is 82.6 Å². The largest absolute Gasteiger partial charge is 0.434 e. The number of benzene rings is 2. The normalized spacial score (nSPS) is 13.6. The standard InChI is InChI=1S/C23H11NO4S/c25-21-14-8-12-4-1-2-5-13(12)9-15(14)22(26)16(21)10-20-24-23-18(27-20)11-17(28-23)19-6-3-7-29-19/h1-11H. The Kier molecular flexibility index (Phi) is 3.28. The van der Waals surface area contributed by atoms with Crippen LogP contribution in [0.5, 0.6) is 0 Å². The first-order chi connectivity index (χ1) is 14.2. The van der Waals surface area contributed by atoms with Gasteiger partial charge in [-0.3, -0.25) is 9.59 Å². The number of carbonyl (C=O) groups excluding carboxylic acids is 2. The maximum Gasteiger partial charge on any atom is 0.266 e. The zero-order chi connectivity index (χ0) is 19.5. The van der Waals surface area contributed by atoms with E-state index in [4.69, 9.17) is 8.83 Å². The molecule has 0 bridgehead atoms. The minimum absolute atomic E-state index is 0.0534. The molecule has 5 nitrogen and oxygen atoms in total. The number of hydrogen-bond donors (Lipinski definition) is 0. The summed E-state index contributed by atoms with van der Waals surface area (Å²) in [6, 6.07) is 16.8. The van der Waals surface area contributed by atoms with Crippen molar-refractivity contribution in [3.63, 3.8) is 0 Å². The molecule has 3 heterocycles. The summed E-state index contributed by atoms with van der Waals surface area (Å²) in [5, 5.41) is 3.80. The molecule has 0 radical (unpaired) electrons. The van der Waals surface area contributed by atoms with Crippen LogP contribution in [0.3, 0.4) is 0 Å². The van der Waals surface area contributed by atoms with E-state index in [-0.39, 0.29) is 23.0 Å². The molecule has 138 valence electrons. The van der Waals surface area contributed by atoms with Crippen LogP contribution in [0, 0.1) is 0 Å². The summed E-state index contributed by atoms with van der Waals surface area (Å²) in [4.78, 5) is 30.9. The molecule has 2 aromatic carbocycles. The number of carbonyl (C=O) groups is 2. The second-order valence-corrected chi connectivity index (χ2v) is 7.72. The third kappa shape index (κ3) is 2.43. The Morgan fingerprint density at radius 1 is 0.862 bits per heavy atom. The van der Waals surface area contributed by atoms with Crippen LogP contribution in [0.2, 0.25) is 0 Å². The van der Waals surface area contributed by atoms with E-state index in [0.717, 1.165) is 15.6 Å². The number of allylic oxidation sites excluding steroid dienone is 1. The maximum atomic E-state index is 12.8. The summed E-state index contributed by atoms with van der Waals surface area (Å²) >= 11 is 1.55. The van der Waals surface area contributed by atoms with Crippen LogP contribution in [0.15, 0.2) is 74.4 Å². The highest BCUT2D eigenvalue weighted by molar-refractivity contribution is 7.13. The number of Topliss-reactive ketones (excluding diaryl/α,β-unsaturated/α-hetero) is 2. The van der Waals surface area contributed by atoms with Gasteiger partial charge in [-0.15, -0.1) is 11.3 Å². The smallest absolute Gasteiger partial charge is 0.266 e. The van der Waals surface area contributed by atoms with Gasteiger partial charge in [-0.25, -0.2) is 0 Å². The second kappa shape index (κ2) is 5.86. The average Bonchev–Trinajstić information content (AvgIpc) is 3.48. The van der Waals surface area contributed by atoms with Gasteiger partial charge in [0, 0.05) is 23.3 Å². The molecule has 6 heteroatoms. The molecule has 0 fully saturated rings. The van der Waals surface area contributed by atoms with Crippen LogP contribution in [0.25, 0.3) is 38.8 Å². The molecule has 0 saturated heterocycles. The van der Waals surface area contributed by atoms with Crippen LogP contribution in [0.4, 0.5) is 0 Å². The van der Waals surface area contributed by atoms with Gasteiger partial charge in [0.05, 0.1) is 10.5 Å². The first-order valence-electron chi connectivity index (χ1n) is 8.95. The van der Waals surface area contributed by atoms with Crippen molar-refractivity contribution < 1.29 is 18.4 Å². The fraction of sp³-hybridized carbons (Fsp3) is 0. The SMILES string of the molecule is O=C1C(=Cc2nc3oc(-c4cccs4)cc3o2)C(=O)c2cc3ccccc3cc21. The van der Waals surface area contributed by atoms with Crippen LogP contribution < -0.4 is 0 Å². The summed E-state index contributed by atoms with van der Waals surface area (Å²) in [5.41, 5.74) is 1.69. The van der Waals surface area contributed by atoms with Gasteiger partial charge in [0.15, 0.2) is 22.9 Å². The van der Waals surface area contributed by atoms with Gasteiger partial charge in [0.1, 0.15) is 0 Å². The number of hydrogen-bond acceptors (Lipinski definition) is 6. The van der Waals surface area contributed by atoms with Gasteiger partial charge in [0.25, 0.3) is 5.71 Å². The van der Waals surface area contributed by atoms with Crippen molar-refractivity contribution in [1.82, 2.24) is 4.98 Å². The molecule has 5 aromatic rings. The molecular weight excluding hydrogens is 386 g/mol. The van der Waals surface area contributed by atoms with Crippen molar-refractivity contribution in [2.75, 3.05) is 0 Å². The predicted molar refractivity (Wildman–Crippen MR) is 110 cm³/mol. The van der Waals surface area contributed by atoms with E-state index in [1.807, 2.05) is 41.8 Å². The molecule has 6 rings (SSSR count). The molecule has 0 aliphatic heterocycles. The Morgan fingerprint density at radius 3 is 2.21 bits per heavy atom. The molecule has 1 aliphatic carbocycles. The number of ketones is 2. The third-order valence-electron chi connectivity index (χ3n) is 5.00. The molecule has 0 N–H and O–H groups in total. The number of furan rings is 1. The highest BCUT2D eigenvalue weighted by atomic mass is 32.1. The highest BCUT2D eigenvalue weighted by Gasteiger charge is 2.34. The van der Waals surface area contributed by atoms with E-state index in [2.05, 4.69) is 4.98 Å². The summed E-state index contributed by atoms with van der Waals surface area (Å²) in [6.07, 6.45) is 1.40. The Labute approximate surface area is 167 Å². The molecule has 3 aromatic heterocycles. The summed E-state index contributed by atoms with van der Waals surface area (Å²) < 4.78 is 11.4. The number of fused-ring (bicyclic) bond motifs is 3. The minimum Gasteiger partial charge on any atom is -0.434 e. The van der Waals surface area contributed by atoms with E-state index in [1.165, 1.54) is 6.08 Å². The van der Waals surface area contributed by atoms with Crippen LogP contribution >= 0.6 is 11.3 Å². The molecule has 0 spiro atoms. The van der Waals surface area contributed by atoms with Gasteiger partial charge < -0.3 is 8.83 Å². The van der Waals surface area contributed by atoms with E-state index in [0.29, 0.717) is 28.2 Å². The number of thiophene rings is 1. The zero-order valence-electron chi connectivity index (χ0n) is 14.8. The number of oxazole rings is 1. The molecule has 0 atom stereocenters. The van der Waals surface area contributed by atoms with Crippen molar-refractivity contribution in [2.45, 2.75) is 0 Å². The maximum absolute atomic E-state index is 12.8. The number of nitrogens with zero attached hydrogens (tertiary/aromatic N) is 1. The van der Waals surface area contributed by atoms with Crippen molar-refractivity contribution in [1.29, 1.82) is 0 Å². The molecule has 1 aliphatic rings. The zero-order valence-corrected chi connectivity index (χ0v) is 15.7. The van der Waals surface area contributed by atoms with Gasteiger partial charge in [0.2, 0.25) is 5.89 Å². The first kappa shape index (κ1) is 16.2. The molecule has 0 saturated carbocycles. The first-order valence-corrected chi connectivity index (χ1v) is 9.83.